The lowest BCUT2D eigenvalue weighted by atomic mass is 10.0. The second-order valence-electron chi connectivity index (χ2n) is 5.55. The van der Waals surface area contributed by atoms with Crippen LogP contribution in [-0.4, -0.2) is 37.1 Å². The Morgan fingerprint density at radius 2 is 1.70 bits per heavy atom. The first-order valence-electron chi connectivity index (χ1n) is 7.49. The maximum Gasteiger partial charge on any atom is 0.254 e. The van der Waals surface area contributed by atoms with E-state index in [0.29, 0.717) is 41.9 Å². The molecule has 3 nitrogen and oxygen atoms in total. The summed E-state index contributed by atoms with van der Waals surface area (Å²) in [6.07, 6.45) is 0. The molecule has 23 heavy (non-hydrogen) atoms. The molecule has 0 N–H and O–H groups in total. The van der Waals surface area contributed by atoms with E-state index >= 15 is 0 Å². The first kappa shape index (κ1) is 16.3. The summed E-state index contributed by atoms with van der Waals surface area (Å²) in [6.45, 7) is 4.33. The molecule has 2 aromatic carbocycles. The van der Waals surface area contributed by atoms with Crippen LogP contribution < -0.4 is 0 Å². The zero-order valence-electron chi connectivity index (χ0n) is 12.8. The fourth-order valence-electron chi connectivity index (χ4n) is 2.59. The Kier molecular flexibility index (Phi) is 4.90. The molecule has 1 saturated heterocycles. The molecule has 0 bridgehead atoms. The van der Waals surface area contributed by atoms with E-state index in [1.165, 1.54) is 0 Å². The number of nitrogens with zero attached hydrogens (tertiary/aromatic N) is 1. The molecule has 0 saturated carbocycles. The molecule has 0 atom stereocenters. The maximum atomic E-state index is 12.6. The third-order valence-electron chi connectivity index (χ3n) is 4.02. The summed E-state index contributed by atoms with van der Waals surface area (Å²) in [5, 5.41) is 1.25. The second kappa shape index (κ2) is 6.91. The van der Waals surface area contributed by atoms with Crippen molar-refractivity contribution in [3.05, 3.63) is 57.6 Å². The van der Waals surface area contributed by atoms with E-state index in [-0.39, 0.29) is 5.91 Å². The minimum Gasteiger partial charge on any atom is -0.378 e. The molecule has 1 aliphatic rings. The van der Waals surface area contributed by atoms with Crippen molar-refractivity contribution in [1.29, 1.82) is 0 Å². The molecule has 0 radical (unpaired) electrons. The van der Waals surface area contributed by atoms with Crippen LogP contribution in [0.3, 0.4) is 0 Å². The van der Waals surface area contributed by atoms with E-state index in [1.54, 1.807) is 0 Å². The van der Waals surface area contributed by atoms with E-state index in [1.807, 2.05) is 48.2 Å². The Morgan fingerprint density at radius 1 is 1.04 bits per heavy atom. The van der Waals surface area contributed by atoms with Crippen LogP contribution in [0.4, 0.5) is 0 Å². The summed E-state index contributed by atoms with van der Waals surface area (Å²) < 4.78 is 5.29. The van der Waals surface area contributed by atoms with E-state index in [2.05, 4.69) is 0 Å². The SMILES string of the molecule is Cc1c(Cl)cc(-c2cccc(C(=O)N3CCOCC3)c2)cc1Cl. The van der Waals surface area contributed by atoms with E-state index in [4.69, 9.17) is 27.9 Å². The normalized spacial score (nSPS) is 14.8. The Labute approximate surface area is 145 Å². The van der Waals surface area contributed by atoms with Crippen LogP contribution in [0, 0.1) is 6.92 Å². The van der Waals surface area contributed by atoms with Gasteiger partial charge in [0, 0.05) is 28.7 Å². The molecule has 1 amide bonds. The molecule has 1 heterocycles. The van der Waals surface area contributed by atoms with Crippen molar-refractivity contribution in [2.24, 2.45) is 0 Å². The van der Waals surface area contributed by atoms with Gasteiger partial charge in [0.15, 0.2) is 0 Å². The molecule has 5 heteroatoms. The number of halogens is 2. The van der Waals surface area contributed by atoms with Crippen molar-refractivity contribution in [3.63, 3.8) is 0 Å². The zero-order chi connectivity index (χ0) is 16.4. The van der Waals surface area contributed by atoms with Gasteiger partial charge in [0.25, 0.3) is 5.91 Å². The molecule has 3 rings (SSSR count). The van der Waals surface area contributed by atoms with Gasteiger partial charge in [0.2, 0.25) is 0 Å². The number of rotatable bonds is 2. The molecular weight excluding hydrogens is 333 g/mol. The van der Waals surface area contributed by atoms with Gasteiger partial charge < -0.3 is 9.64 Å². The predicted molar refractivity (Wildman–Crippen MR) is 93.4 cm³/mol. The number of carbonyl (C=O) groups is 1. The molecule has 0 aliphatic carbocycles. The molecular formula is C18H17Cl2NO2. The van der Waals surface area contributed by atoms with E-state index in [0.717, 1.165) is 16.7 Å². The highest BCUT2D eigenvalue weighted by atomic mass is 35.5. The summed E-state index contributed by atoms with van der Waals surface area (Å²) in [7, 11) is 0. The second-order valence-corrected chi connectivity index (χ2v) is 6.36. The summed E-state index contributed by atoms with van der Waals surface area (Å²) in [4.78, 5) is 14.4. The third kappa shape index (κ3) is 3.52. The zero-order valence-corrected chi connectivity index (χ0v) is 14.3. The lowest BCUT2D eigenvalue weighted by Gasteiger charge is -2.27. The van der Waals surface area contributed by atoms with Crippen molar-refractivity contribution in [2.45, 2.75) is 6.92 Å². The quantitative estimate of drug-likeness (QED) is 0.801. The predicted octanol–water partition coefficient (Wildman–Crippen LogP) is 4.44. The van der Waals surface area contributed by atoms with Crippen molar-refractivity contribution >= 4 is 29.1 Å². The van der Waals surface area contributed by atoms with Gasteiger partial charge in [0.05, 0.1) is 13.2 Å². The number of morpholine rings is 1. The summed E-state index contributed by atoms with van der Waals surface area (Å²) in [5.74, 6) is 0.0273. The Hall–Kier alpha value is -1.55. The van der Waals surface area contributed by atoms with Crippen molar-refractivity contribution in [2.75, 3.05) is 26.3 Å². The number of hydrogen-bond donors (Lipinski definition) is 0. The maximum absolute atomic E-state index is 12.6. The Bertz CT molecular complexity index is 717. The molecule has 0 spiro atoms. The number of ether oxygens (including phenoxy) is 1. The molecule has 1 fully saturated rings. The fraction of sp³-hybridized carbons (Fsp3) is 0.278. The van der Waals surface area contributed by atoms with Crippen LogP contribution in [0.2, 0.25) is 10.0 Å². The van der Waals surface area contributed by atoms with Gasteiger partial charge in [-0.15, -0.1) is 0 Å². The highest BCUT2D eigenvalue weighted by Gasteiger charge is 2.19. The van der Waals surface area contributed by atoms with Crippen molar-refractivity contribution < 1.29 is 9.53 Å². The molecule has 2 aromatic rings. The van der Waals surface area contributed by atoms with Crippen LogP contribution >= 0.6 is 23.2 Å². The fourth-order valence-corrected chi connectivity index (χ4v) is 3.08. The topological polar surface area (TPSA) is 29.5 Å². The summed E-state index contributed by atoms with van der Waals surface area (Å²) in [6, 6.07) is 11.3. The largest absolute Gasteiger partial charge is 0.378 e. The minimum absolute atomic E-state index is 0.0273. The third-order valence-corrected chi connectivity index (χ3v) is 4.81. The smallest absolute Gasteiger partial charge is 0.254 e. The van der Waals surface area contributed by atoms with Crippen LogP contribution in [0.25, 0.3) is 11.1 Å². The van der Waals surface area contributed by atoms with Gasteiger partial charge in [-0.3, -0.25) is 4.79 Å². The monoisotopic (exact) mass is 349 g/mol. The lowest BCUT2D eigenvalue weighted by molar-refractivity contribution is 0.0303. The van der Waals surface area contributed by atoms with Gasteiger partial charge in [0.1, 0.15) is 0 Å². The highest BCUT2D eigenvalue weighted by molar-refractivity contribution is 6.36. The first-order valence-corrected chi connectivity index (χ1v) is 8.25. The average molecular weight is 350 g/mol. The number of carbonyl (C=O) groups excluding carboxylic acids is 1. The van der Waals surface area contributed by atoms with Crippen LogP contribution in [-0.2, 0) is 4.74 Å². The standard InChI is InChI=1S/C18H17Cl2NO2/c1-12-16(19)10-15(11-17(12)20)13-3-2-4-14(9-13)18(22)21-5-7-23-8-6-21/h2-4,9-11H,5-8H2,1H3. The average Bonchev–Trinajstić information content (AvgIpc) is 2.59. The summed E-state index contributed by atoms with van der Waals surface area (Å²) >= 11 is 12.4. The lowest BCUT2D eigenvalue weighted by Crippen LogP contribution is -2.40. The highest BCUT2D eigenvalue weighted by Crippen LogP contribution is 2.31. The van der Waals surface area contributed by atoms with Crippen LogP contribution in [0.15, 0.2) is 36.4 Å². The number of benzene rings is 2. The Balaban J connectivity index is 1.92. The van der Waals surface area contributed by atoms with Gasteiger partial charge >= 0.3 is 0 Å². The summed E-state index contributed by atoms with van der Waals surface area (Å²) in [5.41, 5.74) is 3.35. The molecule has 0 aromatic heterocycles. The van der Waals surface area contributed by atoms with Gasteiger partial charge in [-0.2, -0.15) is 0 Å². The first-order chi connectivity index (χ1) is 11.1. The van der Waals surface area contributed by atoms with Gasteiger partial charge in [-0.25, -0.2) is 0 Å². The van der Waals surface area contributed by atoms with Crippen molar-refractivity contribution in [1.82, 2.24) is 4.90 Å². The minimum atomic E-state index is 0.0273. The van der Waals surface area contributed by atoms with Crippen molar-refractivity contribution in [3.8, 4) is 11.1 Å². The van der Waals surface area contributed by atoms with E-state index < -0.39 is 0 Å². The molecule has 120 valence electrons. The molecule has 0 unspecified atom stereocenters. The van der Waals surface area contributed by atoms with Crippen LogP contribution in [0.1, 0.15) is 15.9 Å². The van der Waals surface area contributed by atoms with Gasteiger partial charge in [-0.05, 0) is 47.9 Å². The van der Waals surface area contributed by atoms with Gasteiger partial charge in [-0.1, -0.05) is 35.3 Å². The Morgan fingerprint density at radius 3 is 2.35 bits per heavy atom. The molecule has 1 aliphatic heterocycles. The van der Waals surface area contributed by atoms with Crippen LogP contribution in [0.5, 0.6) is 0 Å². The number of hydrogen-bond acceptors (Lipinski definition) is 2. The number of amides is 1. The van der Waals surface area contributed by atoms with E-state index in [9.17, 15) is 4.79 Å².